The van der Waals surface area contributed by atoms with Crippen molar-refractivity contribution in [2.24, 2.45) is 4.99 Å². The van der Waals surface area contributed by atoms with Gasteiger partial charge in [-0.05, 0) is 61.4 Å². The first-order valence-corrected chi connectivity index (χ1v) is 8.40. The Balaban J connectivity index is 1.67. The van der Waals surface area contributed by atoms with Crippen LogP contribution in [0.5, 0.6) is 5.75 Å². The molecule has 0 aliphatic heterocycles. The largest absolute Gasteiger partial charge is 0.507 e. The molecule has 0 bridgehead atoms. The molecule has 4 nitrogen and oxygen atoms in total. The molecule has 4 rings (SSSR count). The molecule has 0 saturated heterocycles. The lowest BCUT2D eigenvalue weighted by atomic mass is 10.1. The summed E-state index contributed by atoms with van der Waals surface area (Å²) in [4.78, 5) is 9.05. The number of para-hydroxylation sites is 1. The van der Waals surface area contributed by atoms with Crippen LogP contribution in [0, 0.1) is 13.8 Å². The number of oxazole rings is 1. The molecule has 0 spiro atoms. The van der Waals surface area contributed by atoms with Crippen LogP contribution in [0.25, 0.3) is 22.6 Å². The Kier molecular flexibility index (Phi) is 4.01. The van der Waals surface area contributed by atoms with E-state index in [1.807, 2.05) is 74.5 Å². The van der Waals surface area contributed by atoms with Crippen LogP contribution < -0.4 is 0 Å². The average Bonchev–Trinajstić information content (AvgIpc) is 3.06. The van der Waals surface area contributed by atoms with Gasteiger partial charge in [-0.25, -0.2) is 4.98 Å². The Morgan fingerprint density at radius 1 is 1.00 bits per heavy atom. The molecule has 0 aliphatic rings. The van der Waals surface area contributed by atoms with Gasteiger partial charge in [-0.15, -0.1) is 0 Å². The van der Waals surface area contributed by atoms with E-state index in [0.29, 0.717) is 11.5 Å². The van der Waals surface area contributed by atoms with Gasteiger partial charge in [0.05, 0.1) is 5.69 Å². The normalized spacial score (nSPS) is 11.5. The number of phenolic OH excluding ortho intramolecular Hbond substituents is 1. The fourth-order valence-electron chi connectivity index (χ4n) is 2.81. The molecule has 0 saturated carbocycles. The van der Waals surface area contributed by atoms with E-state index in [0.717, 1.165) is 33.5 Å². The fraction of sp³-hybridized carbons (Fsp3) is 0.0909. The summed E-state index contributed by atoms with van der Waals surface area (Å²) < 4.78 is 5.86. The number of aromatic hydroxyl groups is 1. The van der Waals surface area contributed by atoms with Gasteiger partial charge in [-0.3, -0.25) is 4.99 Å². The predicted octanol–water partition coefficient (Wildman–Crippen LogP) is 5.57. The van der Waals surface area contributed by atoms with Gasteiger partial charge in [-0.2, -0.15) is 0 Å². The molecule has 4 aromatic rings. The minimum atomic E-state index is 0.252. The van der Waals surface area contributed by atoms with Gasteiger partial charge in [-0.1, -0.05) is 24.3 Å². The van der Waals surface area contributed by atoms with Gasteiger partial charge in [0, 0.05) is 17.3 Å². The second kappa shape index (κ2) is 6.48. The first-order chi connectivity index (χ1) is 12.6. The zero-order valence-corrected chi connectivity index (χ0v) is 14.6. The molecule has 0 radical (unpaired) electrons. The number of nitrogens with zero attached hydrogens (tertiary/aromatic N) is 2. The molecule has 0 fully saturated rings. The maximum absolute atomic E-state index is 10.1. The molecule has 3 aromatic carbocycles. The van der Waals surface area contributed by atoms with Crippen molar-refractivity contribution in [3.8, 4) is 17.2 Å². The molecule has 0 aliphatic carbocycles. The van der Waals surface area contributed by atoms with E-state index in [1.165, 1.54) is 0 Å². The van der Waals surface area contributed by atoms with Crippen LogP contribution in [-0.4, -0.2) is 16.3 Å². The lowest BCUT2D eigenvalue weighted by molar-refractivity contribution is 0.470. The van der Waals surface area contributed by atoms with Gasteiger partial charge >= 0.3 is 0 Å². The van der Waals surface area contributed by atoms with E-state index >= 15 is 0 Å². The molecular weight excluding hydrogens is 324 g/mol. The highest BCUT2D eigenvalue weighted by molar-refractivity contribution is 5.86. The molecular formula is C22H18N2O2. The van der Waals surface area contributed by atoms with Crippen molar-refractivity contribution >= 4 is 23.0 Å². The van der Waals surface area contributed by atoms with Crippen molar-refractivity contribution in [2.45, 2.75) is 13.8 Å². The minimum Gasteiger partial charge on any atom is -0.507 e. The maximum Gasteiger partial charge on any atom is 0.227 e. The Bertz CT molecular complexity index is 1130. The number of hydrogen-bond acceptors (Lipinski definition) is 4. The van der Waals surface area contributed by atoms with Crippen LogP contribution in [0.15, 0.2) is 70.1 Å². The quantitative estimate of drug-likeness (QED) is 0.495. The number of aryl methyl sites for hydroxylation is 2. The zero-order valence-electron chi connectivity index (χ0n) is 14.6. The maximum atomic E-state index is 10.1. The van der Waals surface area contributed by atoms with Gasteiger partial charge in [0.1, 0.15) is 11.3 Å². The van der Waals surface area contributed by atoms with Crippen molar-refractivity contribution in [2.75, 3.05) is 0 Å². The first kappa shape index (κ1) is 16.1. The highest BCUT2D eigenvalue weighted by Gasteiger charge is 2.09. The van der Waals surface area contributed by atoms with E-state index in [4.69, 9.17) is 4.42 Å². The summed E-state index contributed by atoms with van der Waals surface area (Å²) in [5, 5.41) is 10.1. The van der Waals surface area contributed by atoms with Crippen molar-refractivity contribution in [1.82, 2.24) is 4.98 Å². The van der Waals surface area contributed by atoms with E-state index in [9.17, 15) is 5.11 Å². The summed E-state index contributed by atoms with van der Waals surface area (Å²) >= 11 is 0. The van der Waals surface area contributed by atoms with Gasteiger partial charge < -0.3 is 9.52 Å². The number of aromatic nitrogens is 1. The third kappa shape index (κ3) is 3.09. The topological polar surface area (TPSA) is 58.6 Å². The van der Waals surface area contributed by atoms with Crippen molar-refractivity contribution in [3.63, 3.8) is 0 Å². The van der Waals surface area contributed by atoms with Crippen LogP contribution in [-0.2, 0) is 0 Å². The molecule has 1 aromatic heterocycles. The van der Waals surface area contributed by atoms with E-state index in [2.05, 4.69) is 9.98 Å². The van der Waals surface area contributed by atoms with Crippen molar-refractivity contribution < 1.29 is 9.52 Å². The van der Waals surface area contributed by atoms with E-state index < -0.39 is 0 Å². The lowest BCUT2D eigenvalue weighted by Crippen LogP contribution is -1.85. The summed E-state index contributed by atoms with van der Waals surface area (Å²) in [5.74, 6) is 0.822. The average molecular weight is 342 g/mol. The highest BCUT2D eigenvalue weighted by Crippen LogP contribution is 2.28. The van der Waals surface area contributed by atoms with Crippen LogP contribution in [0.4, 0.5) is 5.69 Å². The number of benzene rings is 3. The highest BCUT2D eigenvalue weighted by atomic mass is 16.3. The molecule has 4 heteroatoms. The third-order valence-electron chi connectivity index (χ3n) is 4.26. The lowest BCUT2D eigenvalue weighted by Gasteiger charge is -2.02. The van der Waals surface area contributed by atoms with Gasteiger partial charge in [0.15, 0.2) is 5.58 Å². The summed E-state index contributed by atoms with van der Waals surface area (Å²) in [6.45, 7) is 3.89. The van der Waals surface area contributed by atoms with Gasteiger partial charge in [0.25, 0.3) is 0 Å². The second-order valence-electron chi connectivity index (χ2n) is 6.31. The molecule has 128 valence electrons. The SMILES string of the molecule is Cc1ccc2oc(-c3cccc(N=Cc4cccc(C)c4O)c3)nc2c1. The second-order valence-corrected chi connectivity index (χ2v) is 6.31. The van der Waals surface area contributed by atoms with Crippen LogP contribution >= 0.6 is 0 Å². The number of hydrogen-bond donors (Lipinski definition) is 1. The van der Waals surface area contributed by atoms with Crippen molar-refractivity contribution in [1.29, 1.82) is 0 Å². The van der Waals surface area contributed by atoms with E-state index in [-0.39, 0.29) is 5.75 Å². The third-order valence-corrected chi connectivity index (χ3v) is 4.26. The summed E-state index contributed by atoms with van der Waals surface area (Å²) in [7, 11) is 0. The number of fused-ring (bicyclic) bond motifs is 1. The Morgan fingerprint density at radius 2 is 1.85 bits per heavy atom. The Hall–Kier alpha value is -3.40. The molecule has 0 amide bonds. The first-order valence-electron chi connectivity index (χ1n) is 8.40. The standard InChI is InChI=1S/C22H18N2O2/c1-14-9-10-20-19(11-14)24-22(26-20)16-6-4-8-18(12-16)23-13-17-7-3-5-15(2)21(17)25/h3-13,25H,1-2H3. The molecule has 1 N–H and O–H groups in total. The molecule has 26 heavy (non-hydrogen) atoms. The molecule has 1 heterocycles. The molecule has 0 atom stereocenters. The zero-order chi connectivity index (χ0) is 18.1. The number of rotatable bonds is 3. The Labute approximate surface area is 151 Å². The fourth-order valence-corrected chi connectivity index (χ4v) is 2.81. The van der Waals surface area contributed by atoms with Crippen LogP contribution in [0.3, 0.4) is 0 Å². The Morgan fingerprint density at radius 3 is 2.73 bits per heavy atom. The number of phenols is 1. The monoisotopic (exact) mass is 342 g/mol. The minimum absolute atomic E-state index is 0.252. The number of aliphatic imine (C=N–C) groups is 1. The van der Waals surface area contributed by atoms with Gasteiger partial charge in [0.2, 0.25) is 5.89 Å². The van der Waals surface area contributed by atoms with Crippen LogP contribution in [0.2, 0.25) is 0 Å². The summed E-state index contributed by atoms with van der Waals surface area (Å²) in [6.07, 6.45) is 1.66. The van der Waals surface area contributed by atoms with E-state index in [1.54, 1.807) is 6.21 Å². The van der Waals surface area contributed by atoms with Crippen molar-refractivity contribution in [3.05, 3.63) is 77.4 Å². The summed E-state index contributed by atoms with van der Waals surface area (Å²) in [5.41, 5.74) is 5.90. The smallest absolute Gasteiger partial charge is 0.227 e. The predicted molar refractivity (Wildman–Crippen MR) is 104 cm³/mol. The van der Waals surface area contributed by atoms with Crippen LogP contribution in [0.1, 0.15) is 16.7 Å². The summed E-state index contributed by atoms with van der Waals surface area (Å²) in [6, 6.07) is 19.2. The molecule has 0 unspecified atom stereocenters.